The molecule has 5 nitrogen and oxygen atoms in total. The maximum absolute atomic E-state index is 12.7. The van der Waals surface area contributed by atoms with Crippen molar-refractivity contribution in [3.8, 4) is 5.75 Å². The van der Waals surface area contributed by atoms with Crippen molar-refractivity contribution in [2.45, 2.75) is 19.5 Å². The van der Waals surface area contributed by atoms with Gasteiger partial charge in [-0.05, 0) is 41.1 Å². The summed E-state index contributed by atoms with van der Waals surface area (Å²) in [7, 11) is 1.70. The zero-order valence-corrected chi connectivity index (χ0v) is 16.7. The molecule has 2 aliphatic rings. The van der Waals surface area contributed by atoms with Crippen molar-refractivity contribution in [2.24, 2.45) is 0 Å². The van der Waals surface area contributed by atoms with Crippen LogP contribution in [-0.2, 0) is 24.3 Å². The third-order valence-electron chi connectivity index (χ3n) is 5.51. The highest BCUT2D eigenvalue weighted by Gasteiger charge is 2.25. The van der Waals surface area contributed by atoms with Gasteiger partial charge in [0.1, 0.15) is 5.75 Å². The van der Waals surface area contributed by atoms with E-state index in [2.05, 4.69) is 33.4 Å². The molecule has 0 aliphatic carbocycles. The van der Waals surface area contributed by atoms with Crippen LogP contribution in [0.4, 0.5) is 0 Å². The maximum Gasteiger partial charge on any atom is 0.236 e. The largest absolute Gasteiger partial charge is 0.497 e. The number of carbonyl (C=O) groups is 1. The summed E-state index contributed by atoms with van der Waals surface area (Å²) in [5.41, 5.74) is 2.66. The number of rotatable bonds is 5. The van der Waals surface area contributed by atoms with Gasteiger partial charge in [-0.2, -0.15) is 0 Å². The van der Waals surface area contributed by atoms with E-state index in [-0.39, 0.29) is 5.91 Å². The number of hydrogen-bond acceptors (Lipinski definition) is 5. The van der Waals surface area contributed by atoms with Crippen LogP contribution in [0, 0.1) is 0 Å². The third kappa shape index (κ3) is 4.51. The Balaban J connectivity index is 1.24. The summed E-state index contributed by atoms with van der Waals surface area (Å²) < 4.78 is 5.31. The van der Waals surface area contributed by atoms with E-state index in [0.29, 0.717) is 6.54 Å². The minimum absolute atomic E-state index is 0.273. The fourth-order valence-corrected chi connectivity index (χ4v) is 4.81. The number of ether oxygens (including phenoxy) is 1. The molecule has 4 rings (SSSR count). The first-order chi connectivity index (χ1) is 13.2. The highest BCUT2D eigenvalue weighted by atomic mass is 32.1. The van der Waals surface area contributed by atoms with E-state index in [1.807, 2.05) is 28.4 Å². The molecule has 0 bridgehead atoms. The fraction of sp³-hybridized carbons (Fsp3) is 0.476. The minimum atomic E-state index is 0.273. The Hall–Kier alpha value is -1.89. The zero-order chi connectivity index (χ0) is 18.6. The normalized spacial score (nSPS) is 18.3. The van der Waals surface area contributed by atoms with Gasteiger partial charge in [0, 0.05) is 50.7 Å². The molecule has 2 aliphatic heterocycles. The molecule has 2 aromatic rings. The second-order valence-corrected chi connectivity index (χ2v) is 8.34. The number of carbonyl (C=O) groups excluding carboxylic acids is 1. The van der Waals surface area contributed by atoms with Crippen molar-refractivity contribution in [2.75, 3.05) is 46.4 Å². The van der Waals surface area contributed by atoms with Gasteiger partial charge in [-0.15, -0.1) is 11.3 Å². The summed E-state index contributed by atoms with van der Waals surface area (Å²) in [5, 5.41) is 2.16. The number of fused-ring (bicyclic) bond motifs is 1. The zero-order valence-electron chi connectivity index (χ0n) is 15.9. The molecule has 0 radical (unpaired) electrons. The lowest BCUT2D eigenvalue weighted by atomic mass is 10.1. The van der Waals surface area contributed by atoms with Gasteiger partial charge in [-0.3, -0.25) is 14.6 Å². The van der Waals surface area contributed by atoms with Crippen molar-refractivity contribution < 1.29 is 9.53 Å². The van der Waals surface area contributed by atoms with Gasteiger partial charge >= 0.3 is 0 Å². The Kier molecular flexibility index (Phi) is 5.76. The molecule has 0 unspecified atom stereocenters. The van der Waals surface area contributed by atoms with Crippen LogP contribution in [0.25, 0.3) is 0 Å². The Bertz CT molecular complexity index is 783. The number of thiophene rings is 1. The molecule has 27 heavy (non-hydrogen) atoms. The monoisotopic (exact) mass is 385 g/mol. The standard InChI is InChI=1S/C21H27N3O2S/c1-26-19-4-2-3-17(13-19)14-22-8-10-24(11-9-22)21(25)16-23-7-5-20-18(15-23)6-12-27-20/h2-4,6,12-13H,5,7-11,14-16H2,1H3. The lowest BCUT2D eigenvalue weighted by Gasteiger charge is -2.36. The molecule has 1 amide bonds. The van der Waals surface area contributed by atoms with E-state index in [9.17, 15) is 4.79 Å². The minimum Gasteiger partial charge on any atom is -0.497 e. The number of piperazine rings is 1. The molecular formula is C21H27N3O2S. The number of hydrogen-bond donors (Lipinski definition) is 0. The van der Waals surface area contributed by atoms with Crippen LogP contribution < -0.4 is 4.74 Å². The van der Waals surface area contributed by atoms with Crippen LogP contribution in [0.15, 0.2) is 35.7 Å². The van der Waals surface area contributed by atoms with Gasteiger partial charge in [0.05, 0.1) is 13.7 Å². The number of methoxy groups -OCH3 is 1. The van der Waals surface area contributed by atoms with E-state index >= 15 is 0 Å². The van der Waals surface area contributed by atoms with Crippen LogP contribution in [0.1, 0.15) is 16.0 Å². The Morgan fingerprint density at radius 1 is 1.11 bits per heavy atom. The van der Waals surface area contributed by atoms with E-state index in [1.54, 1.807) is 7.11 Å². The van der Waals surface area contributed by atoms with Crippen LogP contribution in [0.3, 0.4) is 0 Å². The lowest BCUT2D eigenvalue weighted by molar-refractivity contribution is -0.134. The molecule has 1 saturated heterocycles. The number of benzene rings is 1. The quantitative estimate of drug-likeness (QED) is 0.792. The molecule has 0 atom stereocenters. The molecule has 0 saturated carbocycles. The predicted octanol–water partition coefficient (Wildman–Crippen LogP) is 2.46. The topological polar surface area (TPSA) is 36.0 Å². The summed E-state index contributed by atoms with van der Waals surface area (Å²) in [6.45, 7) is 6.86. The summed E-state index contributed by atoms with van der Waals surface area (Å²) in [4.78, 5) is 20.9. The smallest absolute Gasteiger partial charge is 0.236 e. The van der Waals surface area contributed by atoms with Crippen molar-refractivity contribution >= 4 is 17.2 Å². The third-order valence-corrected chi connectivity index (χ3v) is 6.53. The van der Waals surface area contributed by atoms with Gasteiger partial charge in [0.25, 0.3) is 0 Å². The lowest BCUT2D eigenvalue weighted by Crippen LogP contribution is -2.51. The SMILES string of the molecule is COc1cccc(CN2CCN(C(=O)CN3CCc4sccc4C3)CC2)c1. The van der Waals surface area contributed by atoms with E-state index < -0.39 is 0 Å². The van der Waals surface area contributed by atoms with Crippen molar-refractivity contribution in [3.05, 3.63) is 51.7 Å². The average Bonchev–Trinajstić information content (AvgIpc) is 3.16. The van der Waals surface area contributed by atoms with Gasteiger partial charge in [0.2, 0.25) is 5.91 Å². The Labute approximate surface area is 165 Å². The van der Waals surface area contributed by atoms with Crippen LogP contribution in [-0.4, -0.2) is 67.0 Å². The summed E-state index contributed by atoms with van der Waals surface area (Å²) in [6.07, 6.45) is 1.08. The average molecular weight is 386 g/mol. The highest BCUT2D eigenvalue weighted by molar-refractivity contribution is 7.10. The summed E-state index contributed by atoms with van der Waals surface area (Å²) >= 11 is 1.84. The molecule has 144 valence electrons. The van der Waals surface area contributed by atoms with Gasteiger partial charge in [-0.1, -0.05) is 12.1 Å². The molecule has 1 fully saturated rings. The van der Waals surface area contributed by atoms with E-state index in [1.165, 1.54) is 16.0 Å². The molecular weight excluding hydrogens is 358 g/mol. The Morgan fingerprint density at radius 3 is 2.78 bits per heavy atom. The van der Waals surface area contributed by atoms with E-state index in [0.717, 1.165) is 58.0 Å². The Morgan fingerprint density at radius 2 is 1.96 bits per heavy atom. The second kappa shape index (κ2) is 8.42. The first kappa shape index (κ1) is 18.5. The van der Waals surface area contributed by atoms with Crippen LogP contribution >= 0.6 is 11.3 Å². The van der Waals surface area contributed by atoms with Gasteiger partial charge < -0.3 is 9.64 Å². The second-order valence-electron chi connectivity index (χ2n) is 7.34. The summed E-state index contributed by atoms with van der Waals surface area (Å²) in [6, 6.07) is 10.4. The number of amides is 1. The van der Waals surface area contributed by atoms with Crippen LogP contribution in [0.5, 0.6) is 5.75 Å². The maximum atomic E-state index is 12.7. The van der Waals surface area contributed by atoms with Crippen molar-refractivity contribution in [1.29, 1.82) is 0 Å². The molecule has 1 aromatic carbocycles. The highest BCUT2D eigenvalue weighted by Crippen LogP contribution is 2.24. The first-order valence-corrected chi connectivity index (χ1v) is 10.5. The van der Waals surface area contributed by atoms with Crippen LogP contribution in [0.2, 0.25) is 0 Å². The van der Waals surface area contributed by atoms with E-state index in [4.69, 9.17) is 4.74 Å². The summed E-state index contributed by atoms with van der Waals surface area (Å²) in [5.74, 6) is 1.17. The molecule has 6 heteroatoms. The first-order valence-electron chi connectivity index (χ1n) is 9.62. The molecule has 3 heterocycles. The fourth-order valence-electron chi connectivity index (χ4n) is 3.92. The van der Waals surface area contributed by atoms with Gasteiger partial charge in [0.15, 0.2) is 0 Å². The predicted molar refractivity (Wildman–Crippen MR) is 108 cm³/mol. The van der Waals surface area contributed by atoms with Crippen molar-refractivity contribution in [3.63, 3.8) is 0 Å². The molecule has 0 N–H and O–H groups in total. The van der Waals surface area contributed by atoms with Crippen molar-refractivity contribution in [1.82, 2.24) is 14.7 Å². The number of nitrogens with zero attached hydrogens (tertiary/aromatic N) is 3. The molecule has 1 aromatic heterocycles. The van der Waals surface area contributed by atoms with Gasteiger partial charge in [-0.25, -0.2) is 0 Å². The molecule has 0 spiro atoms.